The third-order valence-corrected chi connectivity index (χ3v) is 7.06. The Morgan fingerprint density at radius 2 is 1.94 bits per heavy atom. The smallest absolute Gasteiger partial charge is 0.266 e. The van der Waals surface area contributed by atoms with Crippen LogP contribution in [0.5, 0.6) is 11.5 Å². The van der Waals surface area contributed by atoms with E-state index in [9.17, 15) is 9.59 Å². The van der Waals surface area contributed by atoms with Gasteiger partial charge in [0.05, 0.1) is 17.7 Å². The number of thioether (sulfide) groups is 1. The molecule has 0 aromatic heterocycles. The van der Waals surface area contributed by atoms with E-state index in [0.717, 1.165) is 27.6 Å². The number of nitrogens with one attached hydrogen (secondary N) is 1. The lowest BCUT2D eigenvalue weighted by molar-refractivity contribution is -0.122. The van der Waals surface area contributed by atoms with Crippen LogP contribution in [-0.2, 0) is 9.59 Å². The van der Waals surface area contributed by atoms with Gasteiger partial charge in [0.2, 0.25) is 0 Å². The summed E-state index contributed by atoms with van der Waals surface area (Å²) in [5.41, 5.74) is 3.68. The second kappa shape index (κ2) is 11.2. The number of halogens is 1. The van der Waals surface area contributed by atoms with Gasteiger partial charge in [-0.3, -0.25) is 14.5 Å². The zero-order chi connectivity index (χ0) is 24.1. The largest absolute Gasteiger partial charge is 0.493 e. The van der Waals surface area contributed by atoms with E-state index in [1.165, 1.54) is 18.9 Å². The number of carbonyl (C=O) groups is 2. The average molecular weight is 550 g/mol. The van der Waals surface area contributed by atoms with Crippen LogP contribution in [0.1, 0.15) is 30.0 Å². The fourth-order valence-electron chi connectivity index (χ4n) is 3.17. The van der Waals surface area contributed by atoms with Gasteiger partial charge in [0.15, 0.2) is 18.1 Å². The van der Waals surface area contributed by atoms with Crippen molar-refractivity contribution in [2.45, 2.75) is 27.2 Å². The van der Waals surface area contributed by atoms with Gasteiger partial charge in [0.25, 0.3) is 11.8 Å². The number of hydrogen-bond acceptors (Lipinski definition) is 6. The fourth-order valence-corrected chi connectivity index (χ4v) is 5.03. The molecule has 1 fully saturated rings. The van der Waals surface area contributed by atoms with Crippen LogP contribution in [0.2, 0.25) is 0 Å². The highest BCUT2D eigenvalue weighted by atomic mass is 79.9. The maximum absolute atomic E-state index is 12.6. The van der Waals surface area contributed by atoms with Gasteiger partial charge in [-0.1, -0.05) is 37.0 Å². The van der Waals surface area contributed by atoms with Crippen LogP contribution in [-0.4, -0.2) is 41.3 Å². The highest BCUT2D eigenvalue weighted by Gasteiger charge is 2.31. The van der Waals surface area contributed by atoms with E-state index in [0.29, 0.717) is 33.0 Å². The van der Waals surface area contributed by atoms with Gasteiger partial charge in [-0.15, -0.1) is 0 Å². The molecule has 2 amide bonds. The second-order valence-corrected chi connectivity index (χ2v) is 10.0. The molecule has 2 aromatic rings. The van der Waals surface area contributed by atoms with Gasteiger partial charge in [0.1, 0.15) is 4.32 Å². The zero-order valence-electron chi connectivity index (χ0n) is 18.9. The van der Waals surface area contributed by atoms with Crippen molar-refractivity contribution >= 4 is 67.8 Å². The van der Waals surface area contributed by atoms with E-state index in [1.807, 2.05) is 39.0 Å². The van der Waals surface area contributed by atoms with Crippen molar-refractivity contribution < 1.29 is 19.1 Å². The second-order valence-electron chi connectivity index (χ2n) is 7.50. The molecule has 1 heterocycles. The average Bonchev–Trinajstić information content (AvgIpc) is 3.04. The molecule has 174 valence electrons. The molecule has 1 aliphatic rings. The third kappa shape index (κ3) is 6.16. The van der Waals surface area contributed by atoms with Gasteiger partial charge < -0.3 is 14.8 Å². The third-order valence-electron chi connectivity index (χ3n) is 5.02. The van der Waals surface area contributed by atoms with Crippen LogP contribution >= 0.6 is 39.9 Å². The summed E-state index contributed by atoms with van der Waals surface area (Å²) in [5.74, 6) is 0.528. The van der Waals surface area contributed by atoms with Crippen molar-refractivity contribution in [3.8, 4) is 11.5 Å². The minimum atomic E-state index is -0.287. The Morgan fingerprint density at radius 1 is 1.21 bits per heavy atom. The molecule has 0 saturated carbocycles. The van der Waals surface area contributed by atoms with Gasteiger partial charge >= 0.3 is 0 Å². The predicted molar refractivity (Wildman–Crippen MR) is 141 cm³/mol. The summed E-state index contributed by atoms with van der Waals surface area (Å²) in [6.07, 6.45) is 2.62. The number of thiocarbonyl (C=S) groups is 1. The number of rotatable bonds is 8. The Morgan fingerprint density at radius 3 is 2.64 bits per heavy atom. The molecule has 33 heavy (non-hydrogen) atoms. The van der Waals surface area contributed by atoms with Crippen molar-refractivity contribution in [3.63, 3.8) is 0 Å². The van der Waals surface area contributed by atoms with Crippen LogP contribution in [0.3, 0.4) is 0 Å². The van der Waals surface area contributed by atoms with Crippen molar-refractivity contribution in [2.24, 2.45) is 0 Å². The lowest BCUT2D eigenvalue weighted by atomic mass is 10.1. The monoisotopic (exact) mass is 548 g/mol. The first-order chi connectivity index (χ1) is 15.7. The van der Waals surface area contributed by atoms with Crippen LogP contribution in [0.4, 0.5) is 5.69 Å². The van der Waals surface area contributed by atoms with E-state index in [1.54, 1.807) is 23.1 Å². The van der Waals surface area contributed by atoms with Crippen LogP contribution in [0, 0.1) is 13.8 Å². The highest BCUT2D eigenvalue weighted by Crippen LogP contribution is 2.35. The maximum Gasteiger partial charge on any atom is 0.266 e. The summed E-state index contributed by atoms with van der Waals surface area (Å²) >= 11 is 10.1. The summed E-state index contributed by atoms with van der Waals surface area (Å²) in [5, 5.41) is 2.85. The van der Waals surface area contributed by atoms with E-state index in [4.69, 9.17) is 21.7 Å². The first-order valence-corrected chi connectivity index (χ1v) is 12.4. The zero-order valence-corrected chi connectivity index (χ0v) is 22.1. The van der Waals surface area contributed by atoms with Crippen molar-refractivity contribution in [1.82, 2.24) is 4.90 Å². The molecule has 1 aliphatic heterocycles. The standard InChI is InChI=1S/C24H25BrN2O4S2/c1-5-8-27-23(29)21(33-24(27)32)12-16-6-7-19(20(11-16)30-4)31-13-22(28)26-18-10-15(3)14(2)9-17(18)25/h6-7,9-12H,5,8,13H2,1-4H3,(H,26,28)/b21-12-. The van der Waals surface area contributed by atoms with Crippen LogP contribution in [0.15, 0.2) is 39.7 Å². The van der Waals surface area contributed by atoms with Gasteiger partial charge in [0, 0.05) is 11.0 Å². The molecule has 3 rings (SSSR count). The molecule has 0 spiro atoms. The Balaban J connectivity index is 1.68. The number of anilines is 1. The minimum absolute atomic E-state index is 0.0830. The van der Waals surface area contributed by atoms with E-state index in [2.05, 4.69) is 21.2 Å². The normalized spacial score (nSPS) is 14.7. The first-order valence-electron chi connectivity index (χ1n) is 10.4. The number of methoxy groups -OCH3 is 1. The minimum Gasteiger partial charge on any atom is -0.493 e. The number of carbonyl (C=O) groups excluding carboxylic acids is 2. The topological polar surface area (TPSA) is 67.9 Å². The molecule has 0 radical (unpaired) electrons. The van der Waals surface area contributed by atoms with E-state index in [-0.39, 0.29) is 18.4 Å². The summed E-state index contributed by atoms with van der Waals surface area (Å²) in [7, 11) is 1.53. The fraction of sp³-hybridized carbons (Fsp3) is 0.292. The number of amides is 2. The van der Waals surface area contributed by atoms with Crippen molar-refractivity contribution in [1.29, 1.82) is 0 Å². The number of aryl methyl sites for hydroxylation is 2. The molecule has 0 unspecified atom stereocenters. The van der Waals surface area contributed by atoms with Crippen molar-refractivity contribution in [3.05, 3.63) is 56.4 Å². The Hall–Kier alpha value is -2.36. The predicted octanol–water partition coefficient (Wildman–Crippen LogP) is 5.70. The number of nitrogens with zero attached hydrogens (tertiary/aromatic N) is 1. The lowest BCUT2D eigenvalue weighted by Gasteiger charge is -2.13. The summed E-state index contributed by atoms with van der Waals surface area (Å²) in [6, 6.07) is 9.16. The highest BCUT2D eigenvalue weighted by molar-refractivity contribution is 9.10. The SMILES string of the molecule is CCCN1C(=O)/C(=C/c2ccc(OCC(=O)Nc3cc(C)c(C)cc3Br)c(OC)c2)SC1=S. The summed E-state index contributed by atoms with van der Waals surface area (Å²) < 4.78 is 12.5. The first kappa shape index (κ1) is 25.3. The molecule has 9 heteroatoms. The molecular weight excluding hydrogens is 524 g/mol. The van der Waals surface area contributed by atoms with Gasteiger partial charge in [-0.05, 0) is 83.2 Å². The summed E-state index contributed by atoms with van der Waals surface area (Å²) in [4.78, 5) is 27.2. The van der Waals surface area contributed by atoms with Gasteiger partial charge in [-0.25, -0.2) is 0 Å². The molecular formula is C24H25BrN2O4S2. The molecule has 2 aromatic carbocycles. The Bertz CT molecular complexity index is 1130. The van der Waals surface area contributed by atoms with Crippen molar-refractivity contribution in [2.75, 3.05) is 25.6 Å². The summed E-state index contributed by atoms with van der Waals surface area (Å²) in [6.45, 7) is 6.44. The molecule has 1 saturated heterocycles. The quantitative estimate of drug-likeness (QED) is 0.337. The number of benzene rings is 2. The lowest BCUT2D eigenvalue weighted by Crippen LogP contribution is -2.28. The molecule has 0 aliphatic carbocycles. The Labute approximate surface area is 211 Å². The Kier molecular flexibility index (Phi) is 8.56. The number of ether oxygens (including phenoxy) is 2. The van der Waals surface area contributed by atoms with Crippen LogP contribution < -0.4 is 14.8 Å². The molecule has 0 atom stereocenters. The number of hydrogen-bond donors (Lipinski definition) is 1. The molecule has 0 bridgehead atoms. The maximum atomic E-state index is 12.6. The van der Waals surface area contributed by atoms with E-state index < -0.39 is 0 Å². The van der Waals surface area contributed by atoms with E-state index >= 15 is 0 Å². The molecule has 1 N–H and O–H groups in total. The van der Waals surface area contributed by atoms with Crippen LogP contribution in [0.25, 0.3) is 6.08 Å². The van der Waals surface area contributed by atoms with Gasteiger partial charge in [-0.2, -0.15) is 0 Å². The molecule has 6 nitrogen and oxygen atoms in total.